The van der Waals surface area contributed by atoms with E-state index in [4.69, 9.17) is 4.74 Å². The summed E-state index contributed by atoms with van der Waals surface area (Å²) >= 11 is 0. The van der Waals surface area contributed by atoms with Crippen LogP contribution in [0.5, 0.6) is 0 Å². The lowest BCUT2D eigenvalue weighted by Crippen LogP contribution is -2.19. The minimum atomic E-state index is -0.941. The molecule has 0 aliphatic carbocycles. The van der Waals surface area contributed by atoms with Gasteiger partial charge in [-0.05, 0) is 11.6 Å². The quantitative estimate of drug-likeness (QED) is 0.454. The highest BCUT2D eigenvalue weighted by Crippen LogP contribution is 2.02. The van der Waals surface area contributed by atoms with E-state index in [9.17, 15) is 9.59 Å². The number of hydrogen-bond acceptors (Lipinski definition) is 4. The van der Waals surface area contributed by atoms with Gasteiger partial charge < -0.3 is 9.47 Å². The maximum Gasteiger partial charge on any atom is 0.333 e. The fourth-order valence-corrected chi connectivity index (χ4v) is 1.17. The number of carbonyl (C=O) groups excluding carboxylic acids is 2. The van der Waals surface area contributed by atoms with E-state index in [-0.39, 0.29) is 0 Å². The van der Waals surface area contributed by atoms with Crippen molar-refractivity contribution in [3.8, 4) is 0 Å². The SMILES string of the molecule is C=CC(=O)OC(C)OC(=O)/C=C/c1ccccc1. The summed E-state index contributed by atoms with van der Waals surface area (Å²) in [6, 6.07) is 9.31. The van der Waals surface area contributed by atoms with Crippen molar-refractivity contribution in [1.29, 1.82) is 0 Å². The first kappa shape index (κ1) is 13.7. The molecule has 0 amide bonds. The molecular formula is C14H14O4. The van der Waals surface area contributed by atoms with Crippen molar-refractivity contribution in [3.63, 3.8) is 0 Å². The summed E-state index contributed by atoms with van der Waals surface area (Å²) in [7, 11) is 0. The molecule has 0 N–H and O–H groups in total. The molecule has 1 aromatic carbocycles. The van der Waals surface area contributed by atoms with Gasteiger partial charge in [0.25, 0.3) is 0 Å². The zero-order valence-electron chi connectivity index (χ0n) is 10.0. The van der Waals surface area contributed by atoms with Crippen molar-refractivity contribution >= 4 is 18.0 Å². The molecule has 0 bridgehead atoms. The highest BCUT2D eigenvalue weighted by Gasteiger charge is 2.09. The molecule has 0 aliphatic heterocycles. The molecule has 94 valence electrons. The van der Waals surface area contributed by atoms with Gasteiger partial charge in [0.05, 0.1) is 0 Å². The van der Waals surface area contributed by atoms with Crippen LogP contribution in [0.25, 0.3) is 6.08 Å². The maximum atomic E-state index is 11.4. The molecule has 4 heteroatoms. The van der Waals surface area contributed by atoms with Crippen LogP contribution >= 0.6 is 0 Å². The number of benzene rings is 1. The third-order valence-corrected chi connectivity index (χ3v) is 1.94. The van der Waals surface area contributed by atoms with Crippen LogP contribution in [0.1, 0.15) is 12.5 Å². The van der Waals surface area contributed by atoms with Crippen LogP contribution in [0, 0.1) is 0 Å². The Labute approximate surface area is 106 Å². The third-order valence-electron chi connectivity index (χ3n) is 1.94. The van der Waals surface area contributed by atoms with Gasteiger partial charge in [0.2, 0.25) is 6.29 Å². The average Bonchev–Trinajstić information content (AvgIpc) is 2.37. The van der Waals surface area contributed by atoms with Gasteiger partial charge >= 0.3 is 11.9 Å². The number of ether oxygens (including phenoxy) is 2. The standard InChI is InChI=1S/C14H14O4/c1-3-13(15)17-11(2)18-14(16)10-9-12-7-5-4-6-8-12/h3-11H,1H2,2H3/b10-9+. The van der Waals surface area contributed by atoms with Crippen LogP contribution in [0.3, 0.4) is 0 Å². The normalized spacial score (nSPS) is 11.8. The molecule has 1 aromatic rings. The molecule has 0 saturated carbocycles. The van der Waals surface area contributed by atoms with Crippen LogP contribution in [0.2, 0.25) is 0 Å². The first-order valence-corrected chi connectivity index (χ1v) is 5.38. The Morgan fingerprint density at radius 3 is 2.39 bits per heavy atom. The van der Waals surface area contributed by atoms with Crippen molar-refractivity contribution in [2.45, 2.75) is 13.2 Å². The lowest BCUT2D eigenvalue weighted by atomic mass is 10.2. The van der Waals surface area contributed by atoms with E-state index in [1.165, 1.54) is 13.0 Å². The van der Waals surface area contributed by atoms with Crippen molar-refractivity contribution in [2.24, 2.45) is 0 Å². The van der Waals surface area contributed by atoms with E-state index in [0.29, 0.717) is 0 Å². The average molecular weight is 246 g/mol. The third kappa shape index (κ3) is 5.12. The predicted molar refractivity (Wildman–Crippen MR) is 67.3 cm³/mol. The Balaban J connectivity index is 2.44. The zero-order chi connectivity index (χ0) is 13.4. The molecule has 0 fully saturated rings. The lowest BCUT2D eigenvalue weighted by Gasteiger charge is -2.11. The predicted octanol–water partition coefficient (Wildman–Crippen LogP) is 2.32. The van der Waals surface area contributed by atoms with Crippen LogP contribution in [-0.4, -0.2) is 18.2 Å². The van der Waals surface area contributed by atoms with Crippen LogP contribution in [0.4, 0.5) is 0 Å². The summed E-state index contributed by atoms with van der Waals surface area (Å²) < 4.78 is 9.52. The molecule has 0 aliphatic rings. The Hall–Kier alpha value is -2.36. The van der Waals surface area contributed by atoms with Crippen LogP contribution < -0.4 is 0 Å². The molecule has 0 radical (unpaired) electrons. The molecule has 0 aromatic heterocycles. The Morgan fingerprint density at radius 2 is 1.78 bits per heavy atom. The van der Waals surface area contributed by atoms with Crippen LogP contribution in [-0.2, 0) is 19.1 Å². The maximum absolute atomic E-state index is 11.4. The Morgan fingerprint density at radius 1 is 1.17 bits per heavy atom. The first-order valence-electron chi connectivity index (χ1n) is 5.38. The molecule has 0 saturated heterocycles. The Bertz CT molecular complexity index is 448. The van der Waals surface area contributed by atoms with E-state index in [0.717, 1.165) is 11.6 Å². The van der Waals surface area contributed by atoms with E-state index in [1.54, 1.807) is 6.08 Å². The van der Waals surface area contributed by atoms with E-state index < -0.39 is 18.2 Å². The molecular weight excluding hydrogens is 232 g/mol. The second kappa shape index (κ2) is 7.06. The van der Waals surface area contributed by atoms with Gasteiger partial charge in [-0.2, -0.15) is 0 Å². The van der Waals surface area contributed by atoms with Crippen molar-refractivity contribution < 1.29 is 19.1 Å². The summed E-state index contributed by atoms with van der Waals surface area (Å²) in [4.78, 5) is 22.2. The summed E-state index contributed by atoms with van der Waals surface area (Å²) in [5.74, 6) is -1.22. The van der Waals surface area contributed by atoms with Gasteiger partial charge in [0.15, 0.2) is 0 Å². The van der Waals surface area contributed by atoms with Crippen LogP contribution in [0.15, 0.2) is 49.1 Å². The van der Waals surface area contributed by atoms with Gasteiger partial charge in [0.1, 0.15) is 0 Å². The highest BCUT2D eigenvalue weighted by atomic mass is 16.7. The topological polar surface area (TPSA) is 52.6 Å². The number of hydrogen-bond donors (Lipinski definition) is 0. The lowest BCUT2D eigenvalue weighted by molar-refractivity contribution is -0.177. The molecule has 1 rings (SSSR count). The second-order valence-electron chi connectivity index (χ2n) is 3.39. The minimum absolute atomic E-state index is 0.580. The molecule has 18 heavy (non-hydrogen) atoms. The summed E-state index contributed by atoms with van der Waals surface area (Å²) in [5, 5.41) is 0. The zero-order valence-corrected chi connectivity index (χ0v) is 10.0. The van der Waals surface area contributed by atoms with Crippen molar-refractivity contribution in [3.05, 3.63) is 54.6 Å². The Kier molecular flexibility index (Phi) is 5.38. The van der Waals surface area contributed by atoms with E-state index in [1.807, 2.05) is 30.3 Å². The first-order chi connectivity index (χ1) is 8.61. The van der Waals surface area contributed by atoms with Gasteiger partial charge in [-0.25, -0.2) is 9.59 Å². The summed E-state index contributed by atoms with van der Waals surface area (Å²) in [5.41, 5.74) is 0.880. The fourth-order valence-electron chi connectivity index (χ4n) is 1.17. The molecule has 0 heterocycles. The van der Waals surface area contributed by atoms with E-state index in [2.05, 4.69) is 11.3 Å². The number of carbonyl (C=O) groups is 2. The molecule has 1 atom stereocenters. The number of esters is 2. The monoisotopic (exact) mass is 246 g/mol. The second-order valence-corrected chi connectivity index (χ2v) is 3.39. The molecule has 1 unspecified atom stereocenters. The largest absolute Gasteiger partial charge is 0.422 e. The fraction of sp³-hybridized carbons (Fsp3) is 0.143. The summed E-state index contributed by atoms with van der Waals surface area (Å²) in [6.07, 6.45) is 2.95. The van der Waals surface area contributed by atoms with E-state index >= 15 is 0 Å². The molecule has 4 nitrogen and oxygen atoms in total. The minimum Gasteiger partial charge on any atom is -0.422 e. The number of rotatable bonds is 5. The van der Waals surface area contributed by atoms with Crippen molar-refractivity contribution in [1.82, 2.24) is 0 Å². The van der Waals surface area contributed by atoms with Gasteiger partial charge in [-0.1, -0.05) is 36.9 Å². The molecule has 0 spiro atoms. The van der Waals surface area contributed by atoms with Gasteiger partial charge in [-0.15, -0.1) is 0 Å². The smallest absolute Gasteiger partial charge is 0.333 e. The highest BCUT2D eigenvalue weighted by molar-refractivity contribution is 5.87. The van der Waals surface area contributed by atoms with Gasteiger partial charge in [0, 0.05) is 19.1 Å². The van der Waals surface area contributed by atoms with Crippen molar-refractivity contribution in [2.75, 3.05) is 0 Å². The van der Waals surface area contributed by atoms with Gasteiger partial charge in [-0.3, -0.25) is 0 Å². The summed E-state index contributed by atoms with van der Waals surface area (Å²) in [6.45, 7) is 4.69.